The highest BCUT2D eigenvalue weighted by molar-refractivity contribution is 8.04. The summed E-state index contributed by atoms with van der Waals surface area (Å²) in [6.07, 6.45) is -0.612. The fourth-order valence-electron chi connectivity index (χ4n) is 0.792. The fraction of sp³-hybridized carbons (Fsp3) is 0.500. The molecule has 0 aromatic heterocycles. The lowest BCUT2D eigenvalue weighted by atomic mass is 10.5. The van der Waals surface area contributed by atoms with Crippen LogP contribution in [0.5, 0.6) is 0 Å². The van der Waals surface area contributed by atoms with Crippen molar-refractivity contribution in [1.82, 2.24) is 4.90 Å². The van der Waals surface area contributed by atoms with Gasteiger partial charge in [-0.1, -0.05) is 0 Å². The first-order valence-electron chi connectivity index (χ1n) is 3.23. The Hall–Kier alpha value is -1.22. The van der Waals surface area contributed by atoms with Crippen molar-refractivity contribution in [2.75, 3.05) is 18.9 Å². The van der Waals surface area contributed by atoms with Gasteiger partial charge in [-0.2, -0.15) is 5.26 Å². The molecule has 0 atom stereocenters. The number of hydrogen-bond acceptors (Lipinski definition) is 5. The van der Waals surface area contributed by atoms with E-state index in [1.807, 2.05) is 0 Å². The number of rotatable bonds is 2. The molecular formula is C6H6N2O3S. The molecule has 1 saturated heterocycles. The third-order valence-corrected chi connectivity index (χ3v) is 1.84. The summed E-state index contributed by atoms with van der Waals surface area (Å²) in [7, 11) is 0. The lowest BCUT2D eigenvalue weighted by molar-refractivity contribution is -0.124. The molecule has 1 rings (SSSR count). The summed E-state index contributed by atoms with van der Waals surface area (Å²) in [5.74, 6) is -0.366. The number of amides is 2. The van der Waals surface area contributed by atoms with E-state index in [1.165, 1.54) is 0 Å². The zero-order valence-corrected chi connectivity index (χ0v) is 6.97. The molecule has 0 aromatic carbocycles. The Morgan fingerprint density at radius 1 is 1.83 bits per heavy atom. The van der Waals surface area contributed by atoms with E-state index in [4.69, 9.17) is 5.26 Å². The van der Waals surface area contributed by atoms with E-state index in [9.17, 15) is 9.59 Å². The number of ether oxygens (including phenoxy) is 1. The van der Waals surface area contributed by atoms with Gasteiger partial charge in [0.15, 0.2) is 0 Å². The normalized spacial score (nSPS) is 15.6. The third-order valence-electron chi connectivity index (χ3n) is 1.32. The van der Waals surface area contributed by atoms with Gasteiger partial charge in [0.1, 0.15) is 12.0 Å². The number of thiocyanates is 1. The van der Waals surface area contributed by atoms with Gasteiger partial charge in [-0.15, -0.1) is 0 Å². The van der Waals surface area contributed by atoms with Crippen molar-refractivity contribution in [2.45, 2.75) is 0 Å². The minimum Gasteiger partial charge on any atom is -0.447 e. The monoisotopic (exact) mass is 186 g/mol. The van der Waals surface area contributed by atoms with Crippen LogP contribution in [-0.2, 0) is 9.53 Å². The zero-order chi connectivity index (χ0) is 8.97. The van der Waals surface area contributed by atoms with Crippen molar-refractivity contribution in [3.8, 4) is 5.40 Å². The molecule has 0 N–H and O–H groups in total. The van der Waals surface area contributed by atoms with Crippen LogP contribution in [0.1, 0.15) is 0 Å². The first-order valence-corrected chi connectivity index (χ1v) is 4.22. The summed E-state index contributed by atoms with van der Waals surface area (Å²) in [5.41, 5.74) is 0. The highest BCUT2D eigenvalue weighted by atomic mass is 32.2. The highest BCUT2D eigenvalue weighted by Crippen LogP contribution is 2.06. The summed E-state index contributed by atoms with van der Waals surface area (Å²) < 4.78 is 4.54. The molecule has 1 aliphatic heterocycles. The number of carbonyl (C=O) groups excluding carboxylic acids is 2. The van der Waals surface area contributed by atoms with Crippen molar-refractivity contribution in [1.29, 1.82) is 5.26 Å². The van der Waals surface area contributed by atoms with Gasteiger partial charge in [-0.05, 0) is 11.8 Å². The van der Waals surface area contributed by atoms with Crippen LogP contribution in [0.25, 0.3) is 0 Å². The SMILES string of the molecule is N#CSCC(=O)N1CCOC1=O. The van der Waals surface area contributed by atoms with Gasteiger partial charge >= 0.3 is 6.09 Å². The van der Waals surface area contributed by atoms with E-state index < -0.39 is 6.09 Å². The molecule has 5 nitrogen and oxygen atoms in total. The van der Waals surface area contributed by atoms with Crippen LogP contribution < -0.4 is 0 Å². The Balaban J connectivity index is 2.42. The number of imide groups is 1. The molecule has 0 radical (unpaired) electrons. The smallest absolute Gasteiger partial charge is 0.416 e. The van der Waals surface area contributed by atoms with Crippen LogP contribution >= 0.6 is 11.8 Å². The van der Waals surface area contributed by atoms with Gasteiger partial charge in [-0.25, -0.2) is 9.69 Å². The first-order chi connectivity index (χ1) is 5.75. The molecule has 0 aromatic rings. The largest absolute Gasteiger partial charge is 0.447 e. The fourth-order valence-corrected chi connectivity index (χ4v) is 1.14. The Kier molecular flexibility index (Phi) is 2.94. The molecule has 0 bridgehead atoms. The van der Waals surface area contributed by atoms with Crippen molar-refractivity contribution in [3.63, 3.8) is 0 Å². The molecule has 6 heteroatoms. The van der Waals surface area contributed by atoms with Crippen molar-refractivity contribution in [2.24, 2.45) is 0 Å². The van der Waals surface area contributed by atoms with Crippen LogP contribution in [0.4, 0.5) is 4.79 Å². The van der Waals surface area contributed by atoms with Gasteiger partial charge in [-0.3, -0.25) is 4.79 Å². The molecule has 0 aliphatic carbocycles. The third kappa shape index (κ3) is 1.89. The first kappa shape index (κ1) is 8.87. The van der Waals surface area contributed by atoms with E-state index in [0.717, 1.165) is 16.7 Å². The molecule has 0 unspecified atom stereocenters. The maximum atomic E-state index is 11.1. The zero-order valence-electron chi connectivity index (χ0n) is 6.15. The molecular weight excluding hydrogens is 180 g/mol. The van der Waals surface area contributed by atoms with Crippen molar-refractivity contribution in [3.05, 3.63) is 0 Å². The predicted molar refractivity (Wildman–Crippen MR) is 41.1 cm³/mol. The maximum absolute atomic E-state index is 11.1. The van der Waals surface area contributed by atoms with Crippen LogP contribution in [0, 0.1) is 10.7 Å². The molecule has 2 amide bonds. The van der Waals surface area contributed by atoms with Crippen LogP contribution in [0.2, 0.25) is 0 Å². The van der Waals surface area contributed by atoms with Gasteiger partial charge in [0, 0.05) is 0 Å². The number of cyclic esters (lactones) is 1. The summed E-state index contributed by atoms with van der Waals surface area (Å²) in [5, 5.41) is 9.90. The Bertz CT molecular complexity index is 248. The van der Waals surface area contributed by atoms with E-state index in [2.05, 4.69) is 4.74 Å². The molecule has 64 valence electrons. The molecule has 0 spiro atoms. The van der Waals surface area contributed by atoms with Crippen molar-refractivity contribution < 1.29 is 14.3 Å². The van der Waals surface area contributed by atoms with E-state index >= 15 is 0 Å². The van der Waals surface area contributed by atoms with Crippen molar-refractivity contribution >= 4 is 23.8 Å². The Labute approximate surface area is 73.3 Å². The number of nitriles is 1. The summed E-state index contributed by atoms with van der Waals surface area (Å²) >= 11 is 0.812. The standard InChI is InChI=1S/C6H6N2O3S/c7-4-12-3-5(9)8-1-2-11-6(8)10/h1-3H2. The average molecular weight is 186 g/mol. The Morgan fingerprint density at radius 2 is 2.58 bits per heavy atom. The second-order valence-electron chi connectivity index (χ2n) is 2.04. The minimum absolute atomic E-state index is 0.00556. The second-order valence-corrected chi connectivity index (χ2v) is 2.80. The maximum Gasteiger partial charge on any atom is 0.416 e. The topological polar surface area (TPSA) is 70.4 Å². The average Bonchev–Trinajstić information content (AvgIpc) is 2.47. The van der Waals surface area contributed by atoms with Gasteiger partial charge in [0.05, 0.1) is 12.3 Å². The summed E-state index contributed by atoms with van der Waals surface area (Å²) in [6, 6.07) is 0. The molecule has 1 heterocycles. The van der Waals surface area contributed by atoms with E-state index in [0.29, 0.717) is 6.54 Å². The highest BCUT2D eigenvalue weighted by Gasteiger charge is 2.27. The van der Waals surface area contributed by atoms with Crippen LogP contribution in [-0.4, -0.2) is 35.8 Å². The van der Waals surface area contributed by atoms with Crippen LogP contribution in [0.15, 0.2) is 0 Å². The lowest BCUT2D eigenvalue weighted by Crippen LogP contribution is -2.32. The lowest BCUT2D eigenvalue weighted by Gasteiger charge is -2.07. The van der Waals surface area contributed by atoms with Gasteiger partial charge in [0.25, 0.3) is 0 Å². The number of carbonyl (C=O) groups is 2. The van der Waals surface area contributed by atoms with E-state index in [1.54, 1.807) is 5.40 Å². The number of nitrogens with zero attached hydrogens (tertiary/aromatic N) is 2. The molecule has 1 aliphatic rings. The van der Waals surface area contributed by atoms with E-state index in [-0.39, 0.29) is 18.3 Å². The molecule has 12 heavy (non-hydrogen) atoms. The van der Waals surface area contributed by atoms with Gasteiger partial charge < -0.3 is 4.74 Å². The summed E-state index contributed by atoms with van der Waals surface area (Å²) in [6.45, 7) is 0.547. The molecule has 0 saturated carbocycles. The minimum atomic E-state index is -0.612. The Morgan fingerprint density at radius 3 is 3.08 bits per heavy atom. The summed E-state index contributed by atoms with van der Waals surface area (Å²) in [4.78, 5) is 22.8. The van der Waals surface area contributed by atoms with Crippen LogP contribution in [0.3, 0.4) is 0 Å². The molecule has 1 fully saturated rings. The second kappa shape index (κ2) is 3.97. The quantitative estimate of drug-likeness (QED) is 0.575. The van der Waals surface area contributed by atoms with Gasteiger partial charge in [0.2, 0.25) is 5.91 Å². The number of hydrogen-bond donors (Lipinski definition) is 0. The number of thioether (sulfide) groups is 1. The predicted octanol–water partition coefficient (Wildman–Crippen LogP) is 0.179.